The molecule has 0 radical (unpaired) electrons. The summed E-state index contributed by atoms with van der Waals surface area (Å²) < 4.78 is 0. The third-order valence-electron chi connectivity index (χ3n) is 2.22. The van der Waals surface area contributed by atoms with Gasteiger partial charge in [0.05, 0.1) is 0 Å². The van der Waals surface area contributed by atoms with Crippen molar-refractivity contribution in [3.05, 3.63) is 35.4 Å². The number of ketones is 2. The monoisotopic (exact) mass is 228 g/mol. The van der Waals surface area contributed by atoms with Crippen molar-refractivity contribution in [2.75, 3.05) is 0 Å². The first-order chi connectivity index (χ1) is 6.63. The molecule has 4 heteroatoms. The summed E-state index contributed by atoms with van der Waals surface area (Å²) in [5.74, 6) is -0.552. The zero-order valence-electron chi connectivity index (χ0n) is 7.04. The highest BCUT2D eigenvalue weighted by Crippen LogP contribution is 2.27. The number of halogens is 2. The van der Waals surface area contributed by atoms with Crippen molar-refractivity contribution in [3.63, 3.8) is 0 Å². The van der Waals surface area contributed by atoms with Crippen molar-refractivity contribution < 1.29 is 9.59 Å². The molecule has 0 saturated carbocycles. The highest BCUT2D eigenvalue weighted by atomic mass is 35.5. The van der Waals surface area contributed by atoms with Gasteiger partial charge in [-0.05, 0) is 0 Å². The molecule has 1 aliphatic rings. The fraction of sp³-hybridized carbons (Fsp3) is 0.200. The van der Waals surface area contributed by atoms with E-state index in [9.17, 15) is 9.59 Å². The fourth-order valence-corrected chi connectivity index (χ4v) is 1.94. The van der Waals surface area contributed by atoms with Crippen LogP contribution < -0.4 is 0 Å². The Morgan fingerprint density at radius 1 is 0.857 bits per heavy atom. The van der Waals surface area contributed by atoms with Crippen LogP contribution in [0.3, 0.4) is 0 Å². The second kappa shape index (κ2) is 3.37. The van der Waals surface area contributed by atoms with Gasteiger partial charge in [0.15, 0.2) is 11.6 Å². The summed E-state index contributed by atoms with van der Waals surface area (Å²) in [4.78, 5) is 23.2. The predicted octanol–water partition coefficient (Wildman–Crippen LogP) is 2.28. The lowest BCUT2D eigenvalue weighted by molar-refractivity contribution is 0.0899. The van der Waals surface area contributed by atoms with Gasteiger partial charge in [0, 0.05) is 11.1 Å². The van der Waals surface area contributed by atoms with E-state index in [1.807, 2.05) is 0 Å². The Labute approximate surface area is 90.8 Å². The first kappa shape index (κ1) is 9.69. The maximum atomic E-state index is 11.6. The van der Waals surface area contributed by atoms with Crippen LogP contribution in [-0.2, 0) is 0 Å². The van der Waals surface area contributed by atoms with E-state index in [1.54, 1.807) is 24.3 Å². The molecule has 1 aromatic rings. The Morgan fingerprint density at radius 2 is 1.21 bits per heavy atom. The summed E-state index contributed by atoms with van der Waals surface area (Å²) in [5.41, 5.74) is 0.740. The van der Waals surface area contributed by atoms with Gasteiger partial charge in [-0.3, -0.25) is 9.59 Å². The summed E-state index contributed by atoms with van der Waals surface area (Å²) in [5, 5.41) is -1.89. The highest BCUT2D eigenvalue weighted by Gasteiger charge is 2.38. The molecule has 2 nitrogen and oxygen atoms in total. The molecule has 1 aromatic carbocycles. The minimum atomic E-state index is -0.945. The van der Waals surface area contributed by atoms with Crippen LogP contribution in [0.15, 0.2) is 24.3 Å². The third-order valence-corrected chi connectivity index (χ3v) is 3.25. The minimum absolute atomic E-state index is 0.276. The molecule has 0 aromatic heterocycles. The molecular formula is C10H6Cl2O2. The predicted molar refractivity (Wildman–Crippen MR) is 54.4 cm³/mol. The van der Waals surface area contributed by atoms with E-state index in [-0.39, 0.29) is 11.6 Å². The average Bonchev–Trinajstić information content (AvgIpc) is 2.23. The van der Waals surface area contributed by atoms with E-state index in [1.165, 1.54) is 0 Å². The molecule has 0 fully saturated rings. The molecule has 1 aliphatic carbocycles. The molecule has 0 bridgehead atoms. The minimum Gasteiger partial charge on any atom is -0.292 e. The number of fused-ring (bicyclic) bond motifs is 1. The summed E-state index contributed by atoms with van der Waals surface area (Å²) in [6, 6.07) is 6.58. The van der Waals surface area contributed by atoms with Gasteiger partial charge in [-0.25, -0.2) is 0 Å². The largest absolute Gasteiger partial charge is 0.292 e. The van der Waals surface area contributed by atoms with Crippen LogP contribution in [0.5, 0.6) is 0 Å². The maximum absolute atomic E-state index is 11.6. The van der Waals surface area contributed by atoms with Gasteiger partial charge in [0.25, 0.3) is 0 Å². The molecule has 2 rings (SSSR count). The number of carbonyl (C=O) groups is 2. The molecule has 0 N–H and O–H groups in total. The van der Waals surface area contributed by atoms with Gasteiger partial charge in [-0.15, -0.1) is 23.2 Å². The summed E-state index contributed by atoms with van der Waals surface area (Å²) in [6.07, 6.45) is 0. The van der Waals surface area contributed by atoms with Crippen molar-refractivity contribution in [3.8, 4) is 0 Å². The van der Waals surface area contributed by atoms with E-state index in [4.69, 9.17) is 23.2 Å². The number of hydrogen-bond acceptors (Lipinski definition) is 2. The first-order valence-corrected chi connectivity index (χ1v) is 4.96. The molecular weight excluding hydrogens is 223 g/mol. The summed E-state index contributed by atoms with van der Waals surface area (Å²) in [6.45, 7) is 0. The van der Waals surface area contributed by atoms with Crippen LogP contribution >= 0.6 is 23.2 Å². The average molecular weight is 229 g/mol. The van der Waals surface area contributed by atoms with Gasteiger partial charge in [-0.1, -0.05) is 24.3 Å². The van der Waals surface area contributed by atoms with E-state index in [0.717, 1.165) is 0 Å². The molecule has 72 valence electrons. The van der Waals surface area contributed by atoms with Crippen LogP contribution in [0.25, 0.3) is 0 Å². The van der Waals surface area contributed by atoms with Gasteiger partial charge < -0.3 is 0 Å². The Bertz CT molecular complexity index is 375. The topological polar surface area (TPSA) is 34.1 Å². The van der Waals surface area contributed by atoms with E-state index in [0.29, 0.717) is 11.1 Å². The lowest BCUT2D eigenvalue weighted by atomic mass is 9.89. The molecule has 2 atom stereocenters. The lowest BCUT2D eigenvalue weighted by Gasteiger charge is -2.21. The number of benzene rings is 1. The van der Waals surface area contributed by atoms with Crippen LogP contribution in [0, 0.1) is 0 Å². The SMILES string of the molecule is O=C1c2ccccc2C(=O)C(Cl)C1Cl. The van der Waals surface area contributed by atoms with Gasteiger partial charge >= 0.3 is 0 Å². The number of rotatable bonds is 0. The first-order valence-electron chi connectivity index (χ1n) is 4.08. The Hall–Kier alpha value is -0.860. The van der Waals surface area contributed by atoms with E-state index < -0.39 is 10.8 Å². The van der Waals surface area contributed by atoms with Crippen molar-refractivity contribution in [1.29, 1.82) is 0 Å². The Morgan fingerprint density at radius 3 is 1.57 bits per heavy atom. The standard InChI is InChI=1S/C10H6Cl2O2/c11-7-8(12)10(14)6-4-2-1-3-5(6)9(7)13/h1-4,7-8H. The molecule has 0 spiro atoms. The van der Waals surface area contributed by atoms with Crippen molar-refractivity contribution in [2.24, 2.45) is 0 Å². The zero-order valence-corrected chi connectivity index (χ0v) is 8.55. The maximum Gasteiger partial charge on any atom is 0.183 e. The van der Waals surface area contributed by atoms with Crippen LogP contribution in [0.2, 0.25) is 0 Å². The normalized spacial score (nSPS) is 26.1. The quantitative estimate of drug-likeness (QED) is 0.639. The third kappa shape index (κ3) is 1.26. The Balaban J connectivity index is 2.62. The van der Waals surface area contributed by atoms with Crippen molar-refractivity contribution >= 4 is 34.8 Å². The number of alkyl halides is 2. The van der Waals surface area contributed by atoms with Gasteiger partial charge in [0.2, 0.25) is 0 Å². The molecule has 0 amide bonds. The highest BCUT2D eigenvalue weighted by molar-refractivity contribution is 6.48. The van der Waals surface area contributed by atoms with Crippen molar-refractivity contribution in [2.45, 2.75) is 10.8 Å². The smallest absolute Gasteiger partial charge is 0.183 e. The number of carbonyl (C=O) groups excluding carboxylic acids is 2. The fourth-order valence-electron chi connectivity index (χ4n) is 1.48. The van der Waals surface area contributed by atoms with E-state index >= 15 is 0 Å². The van der Waals surface area contributed by atoms with Crippen LogP contribution in [-0.4, -0.2) is 22.3 Å². The molecule has 0 saturated heterocycles. The summed E-state index contributed by atoms with van der Waals surface area (Å²) in [7, 11) is 0. The molecule has 0 aliphatic heterocycles. The molecule has 0 heterocycles. The number of hydrogen-bond donors (Lipinski definition) is 0. The second-order valence-corrected chi connectivity index (χ2v) is 4.02. The second-order valence-electron chi connectivity index (χ2n) is 3.08. The van der Waals surface area contributed by atoms with Gasteiger partial charge in [0.1, 0.15) is 10.8 Å². The number of Topliss-reactive ketones (excluding diaryl/α,β-unsaturated/α-hetero) is 2. The summed E-state index contributed by atoms with van der Waals surface area (Å²) >= 11 is 11.5. The molecule has 14 heavy (non-hydrogen) atoms. The Kier molecular flexibility index (Phi) is 2.33. The zero-order chi connectivity index (χ0) is 10.3. The van der Waals surface area contributed by atoms with Crippen LogP contribution in [0.4, 0.5) is 0 Å². The molecule has 2 unspecified atom stereocenters. The van der Waals surface area contributed by atoms with Crippen molar-refractivity contribution in [1.82, 2.24) is 0 Å². The lowest BCUT2D eigenvalue weighted by Crippen LogP contribution is -2.38. The van der Waals surface area contributed by atoms with E-state index in [2.05, 4.69) is 0 Å². The van der Waals surface area contributed by atoms with Gasteiger partial charge in [-0.2, -0.15) is 0 Å². The van der Waals surface area contributed by atoms with Crippen LogP contribution in [0.1, 0.15) is 20.7 Å².